The Kier molecular flexibility index (Phi) is 3.59. The first-order valence-electron chi connectivity index (χ1n) is 5.69. The second-order valence-corrected chi connectivity index (χ2v) is 5.66. The minimum Gasteiger partial charge on any atom is -0.457 e. The third-order valence-corrected chi connectivity index (χ3v) is 3.75. The fourth-order valence-corrected chi connectivity index (χ4v) is 2.46. The molecule has 0 aromatic heterocycles. The number of aryl methyl sites for hydroxylation is 2. The molecule has 2 aromatic carbocycles. The van der Waals surface area contributed by atoms with Crippen LogP contribution in [-0.4, -0.2) is 13.0 Å². The fourth-order valence-electron chi connectivity index (χ4n) is 1.72. The number of ether oxygens (including phenoxy) is 1. The largest absolute Gasteiger partial charge is 0.457 e. The first-order chi connectivity index (χ1) is 8.88. The highest BCUT2D eigenvalue weighted by atomic mass is 32.2. The van der Waals surface area contributed by atoms with Crippen molar-refractivity contribution >= 4 is 10.1 Å². The Hall–Kier alpha value is -1.85. The first-order valence-corrected chi connectivity index (χ1v) is 7.13. The SMILES string of the molecule is Cc1ccccc1Oc1ccc(C)c(S(=O)(=O)O)c1. The van der Waals surface area contributed by atoms with Gasteiger partial charge in [0.2, 0.25) is 0 Å². The summed E-state index contributed by atoms with van der Waals surface area (Å²) in [5, 5.41) is 0. The van der Waals surface area contributed by atoms with E-state index in [0.29, 0.717) is 17.1 Å². The highest BCUT2D eigenvalue weighted by molar-refractivity contribution is 7.85. The lowest BCUT2D eigenvalue weighted by atomic mass is 10.2. The zero-order valence-corrected chi connectivity index (χ0v) is 11.4. The molecule has 2 aromatic rings. The van der Waals surface area contributed by atoms with Crippen molar-refractivity contribution in [2.24, 2.45) is 0 Å². The van der Waals surface area contributed by atoms with E-state index in [9.17, 15) is 8.42 Å². The van der Waals surface area contributed by atoms with Gasteiger partial charge in [0.25, 0.3) is 10.1 Å². The van der Waals surface area contributed by atoms with Crippen LogP contribution in [0.1, 0.15) is 11.1 Å². The van der Waals surface area contributed by atoms with E-state index in [4.69, 9.17) is 9.29 Å². The van der Waals surface area contributed by atoms with Crippen LogP contribution in [0.15, 0.2) is 47.4 Å². The Morgan fingerprint density at radius 2 is 1.68 bits per heavy atom. The molecule has 0 heterocycles. The third kappa shape index (κ3) is 3.13. The standard InChI is InChI=1S/C14H14O4S/c1-10-5-3-4-6-13(10)18-12-8-7-11(2)14(9-12)19(15,16)17/h3-9H,1-2H3,(H,15,16,17). The third-order valence-electron chi connectivity index (χ3n) is 2.76. The number of rotatable bonds is 3. The topological polar surface area (TPSA) is 63.6 Å². The molecule has 0 amide bonds. The van der Waals surface area contributed by atoms with Gasteiger partial charge in [0, 0.05) is 6.07 Å². The van der Waals surface area contributed by atoms with Crippen LogP contribution < -0.4 is 4.74 Å². The molecule has 0 spiro atoms. The van der Waals surface area contributed by atoms with E-state index in [2.05, 4.69) is 0 Å². The van der Waals surface area contributed by atoms with Gasteiger partial charge < -0.3 is 4.74 Å². The van der Waals surface area contributed by atoms with Gasteiger partial charge in [0.1, 0.15) is 16.4 Å². The zero-order valence-electron chi connectivity index (χ0n) is 10.6. The molecule has 0 saturated carbocycles. The minimum absolute atomic E-state index is 0.140. The lowest BCUT2D eigenvalue weighted by Crippen LogP contribution is -2.01. The fraction of sp³-hybridized carbons (Fsp3) is 0.143. The molecule has 4 nitrogen and oxygen atoms in total. The molecule has 19 heavy (non-hydrogen) atoms. The van der Waals surface area contributed by atoms with Crippen LogP contribution >= 0.6 is 0 Å². The second-order valence-electron chi connectivity index (χ2n) is 4.27. The van der Waals surface area contributed by atoms with Crippen molar-refractivity contribution in [2.45, 2.75) is 18.7 Å². The Morgan fingerprint density at radius 3 is 2.32 bits per heavy atom. The molecule has 1 N–H and O–H groups in total. The van der Waals surface area contributed by atoms with Gasteiger partial charge in [-0.3, -0.25) is 4.55 Å². The molecule has 0 aliphatic heterocycles. The van der Waals surface area contributed by atoms with Crippen molar-refractivity contribution in [1.82, 2.24) is 0 Å². The summed E-state index contributed by atoms with van der Waals surface area (Å²) in [6.07, 6.45) is 0. The molecule has 2 rings (SSSR count). The molecule has 0 unspecified atom stereocenters. The van der Waals surface area contributed by atoms with E-state index in [0.717, 1.165) is 5.56 Å². The summed E-state index contributed by atoms with van der Waals surface area (Å²) in [4.78, 5) is -0.140. The molecule has 5 heteroatoms. The molecular formula is C14H14O4S. The summed E-state index contributed by atoms with van der Waals surface area (Å²) in [7, 11) is -4.24. The van der Waals surface area contributed by atoms with Crippen LogP contribution in [-0.2, 0) is 10.1 Å². The molecule has 0 bridgehead atoms. The summed E-state index contributed by atoms with van der Waals surface area (Å²) in [5.41, 5.74) is 1.41. The molecule has 0 atom stereocenters. The van der Waals surface area contributed by atoms with Gasteiger partial charge >= 0.3 is 0 Å². The molecule has 0 aliphatic carbocycles. The highest BCUT2D eigenvalue weighted by Crippen LogP contribution is 2.27. The van der Waals surface area contributed by atoms with Crippen LogP contribution in [0.25, 0.3) is 0 Å². The van der Waals surface area contributed by atoms with Gasteiger partial charge in [-0.25, -0.2) is 0 Å². The van der Waals surface area contributed by atoms with Crippen LogP contribution in [0.3, 0.4) is 0 Å². The minimum atomic E-state index is -4.24. The Bertz CT molecular complexity index is 705. The van der Waals surface area contributed by atoms with Crippen LogP contribution in [0.2, 0.25) is 0 Å². The van der Waals surface area contributed by atoms with E-state index in [-0.39, 0.29) is 4.90 Å². The van der Waals surface area contributed by atoms with Crippen LogP contribution in [0.4, 0.5) is 0 Å². The number of hydrogen-bond acceptors (Lipinski definition) is 3. The lowest BCUT2D eigenvalue weighted by Gasteiger charge is -2.10. The molecule has 0 saturated heterocycles. The van der Waals surface area contributed by atoms with E-state index in [1.807, 2.05) is 25.1 Å². The molecule has 0 aliphatic rings. The van der Waals surface area contributed by atoms with E-state index in [1.165, 1.54) is 6.07 Å². The zero-order chi connectivity index (χ0) is 14.0. The molecule has 100 valence electrons. The lowest BCUT2D eigenvalue weighted by molar-refractivity contribution is 0.469. The molecular weight excluding hydrogens is 264 g/mol. The van der Waals surface area contributed by atoms with Gasteiger partial charge in [-0.15, -0.1) is 0 Å². The Labute approximate surface area is 112 Å². The van der Waals surface area contributed by atoms with Gasteiger partial charge in [0.05, 0.1) is 0 Å². The van der Waals surface area contributed by atoms with Crippen molar-refractivity contribution in [3.63, 3.8) is 0 Å². The summed E-state index contributed by atoms with van der Waals surface area (Å²) in [6.45, 7) is 3.51. The van der Waals surface area contributed by atoms with Crippen LogP contribution in [0, 0.1) is 13.8 Å². The van der Waals surface area contributed by atoms with E-state index < -0.39 is 10.1 Å². The smallest absolute Gasteiger partial charge is 0.294 e. The molecule has 0 radical (unpaired) electrons. The van der Waals surface area contributed by atoms with Gasteiger partial charge in [-0.05, 0) is 37.1 Å². The quantitative estimate of drug-likeness (QED) is 0.874. The van der Waals surface area contributed by atoms with Crippen molar-refractivity contribution in [2.75, 3.05) is 0 Å². The number of benzene rings is 2. The monoisotopic (exact) mass is 278 g/mol. The van der Waals surface area contributed by atoms with Crippen molar-refractivity contribution in [3.05, 3.63) is 53.6 Å². The summed E-state index contributed by atoms with van der Waals surface area (Å²) in [6, 6.07) is 12.0. The normalized spacial score (nSPS) is 11.3. The predicted octanol–water partition coefficient (Wildman–Crippen LogP) is 3.34. The first kappa shape index (κ1) is 13.6. The summed E-state index contributed by atoms with van der Waals surface area (Å²) >= 11 is 0. The Balaban J connectivity index is 2.41. The maximum Gasteiger partial charge on any atom is 0.294 e. The van der Waals surface area contributed by atoms with Crippen molar-refractivity contribution in [1.29, 1.82) is 0 Å². The number of para-hydroxylation sites is 1. The summed E-state index contributed by atoms with van der Waals surface area (Å²) < 4.78 is 37.2. The second kappa shape index (κ2) is 5.03. The van der Waals surface area contributed by atoms with Crippen LogP contribution in [0.5, 0.6) is 11.5 Å². The predicted molar refractivity (Wildman–Crippen MR) is 72.2 cm³/mol. The summed E-state index contributed by atoms with van der Waals surface area (Å²) in [5.74, 6) is 1.01. The van der Waals surface area contributed by atoms with Crippen molar-refractivity contribution in [3.8, 4) is 11.5 Å². The van der Waals surface area contributed by atoms with Crippen molar-refractivity contribution < 1.29 is 17.7 Å². The highest BCUT2D eigenvalue weighted by Gasteiger charge is 2.14. The number of hydrogen-bond donors (Lipinski definition) is 1. The maximum atomic E-state index is 11.2. The van der Waals surface area contributed by atoms with Gasteiger partial charge in [-0.1, -0.05) is 24.3 Å². The maximum absolute atomic E-state index is 11.2. The average molecular weight is 278 g/mol. The Morgan fingerprint density at radius 1 is 1.00 bits per heavy atom. The molecule has 0 fully saturated rings. The average Bonchev–Trinajstić information content (AvgIpc) is 2.33. The van der Waals surface area contributed by atoms with E-state index >= 15 is 0 Å². The van der Waals surface area contributed by atoms with E-state index in [1.54, 1.807) is 25.1 Å². The van der Waals surface area contributed by atoms with Gasteiger partial charge in [0.15, 0.2) is 0 Å². The van der Waals surface area contributed by atoms with Gasteiger partial charge in [-0.2, -0.15) is 8.42 Å².